The predicted octanol–water partition coefficient (Wildman–Crippen LogP) is 0.414. The van der Waals surface area contributed by atoms with Gasteiger partial charge >= 0.3 is 6.18 Å². The minimum absolute atomic E-state index is 0.380. The molecule has 0 aromatic rings. The molecular formula is C7H12F3NO2. The standard InChI is InChI=1S/C7H12F3NO2/c1-3-6(12)4(11)2-5(13-3)7(8,9)10/h3-6,12H,2,11H2,1H3. The number of alkyl halides is 3. The Morgan fingerprint density at radius 1 is 1.46 bits per heavy atom. The van der Waals surface area contributed by atoms with Crippen molar-refractivity contribution in [1.82, 2.24) is 0 Å². The Morgan fingerprint density at radius 3 is 2.38 bits per heavy atom. The number of rotatable bonds is 0. The van der Waals surface area contributed by atoms with Gasteiger partial charge in [0.1, 0.15) is 0 Å². The summed E-state index contributed by atoms with van der Waals surface area (Å²) in [5.41, 5.74) is 5.33. The lowest BCUT2D eigenvalue weighted by atomic mass is 9.97. The molecule has 78 valence electrons. The van der Waals surface area contributed by atoms with Crippen LogP contribution in [0.1, 0.15) is 13.3 Å². The second-order valence-electron chi connectivity index (χ2n) is 3.26. The van der Waals surface area contributed by atoms with Crippen LogP contribution in [-0.2, 0) is 4.74 Å². The fraction of sp³-hybridized carbons (Fsp3) is 1.00. The molecule has 1 fully saturated rings. The van der Waals surface area contributed by atoms with Gasteiger partial charge < -0.3 is 15.6 Å². The van der Waals surface area contributed by atoms with E-state index in [2.05, 4.69) is 4.74 Å². The summed E-state index contributed by atoms with van der Waals surface area (Å²) in [5.74, 6) is 0. The zero-order chi connectivity index (χ0) is 10.2. The van der Waals surface area contributed by atoms with Gasteiger partial charge in [0.05, 0.1) is 12.2 Å². The van der Waals surface area contributed by atoms with E-state index in [4.69, 9.17) is 5.73 Å². The number of ether oxygens (including phenoxy) is 1. The molecule has 1 heterocycles. The van der Waals surface area contributed by atoms with Crippen LogP contribution in [0.5, 0.6) is 0 Å². The van der Waals surface area contributed by atoms with Crippen LogP contribution in [0.25, 0.3) is 0 Å². The molecule has 0 spiro atoms. The van der Waals surface area contributed by atoms with Crippen LogP contribution in [-0.4, -0.2) is 35.6 Å². The van der Waals surface area contributed by atoms with Crippen LogP contribution in [0, 0.1) is 0 Å². The van der Waals surface area contributed by atoms with E-state index in [1.54, 1.807) is 0 Å². The van der Waals surface area contributed by atoms with Crippen molar-refractivity contribution in [2.75, 3.05) is 0 Å². The number of hydrogen-bond donors (Lipinski definition) is 2. The zero-order valence-corrected chi connectivity index (χ0v) is 7.08. The Morgan fingerprint density at radius 2 is 2.00 bits per heavy atom. The zero-order valence-electron chi connectivity index (χ0n) is 7.08. The van der Waals surface area contributed by atoms with Crippen molar-refractivity contribution in [3.63, 3.8) is 0 Å². The van der Waals surface area contributed by atoms with E-state index in [1.165, 1.54) is 6.92 Å². The average Bonchev–Trinajstić information content (AvgIpc) is 1.97. The van der Waals surface area contributed by atoms with Gasteiger partial charge in [0.15, 0.2) is 6.10 Å². The van der Waals surface area contributed by atoms with Gasteiger partial charge in [0.2, 0.25) is 0 Å². The van der Waals surface area contributed by atoms with Crippen LogP contribution in [0.4, 0.5) is 13.2 Å². The lowest BCUT2D eigenvalue weighted by Gasteiger charge is -2.36. The Kier molecular flexibility index (Phi) is 2.84. The molecule has 0 radical (unpaired) electrons. The quantitative estimate of drug-likeness (QED) is 0.594. The maximum atomic E-state index is 12.2. The van der Waals surface area contributed by atoms with Gasteiger partial charge in [0, 0.05) is 12.5 Å². The van der Waals surface area contributed by atoms with Crippen molar-refractivity contribution in [1.29, 1.82) is 0 Å². The highest BCUT2D eigenvalue weighted by atomic mass is 19.4. The summed E-state index contributed by atoms with van der Waals surface area (Å²) in [6.07, 6.45) is -8.50. The first kappa shape index (κ1) is 10.7. The van der Waals surface area contributed by atoms with E-state index in [-0.39, 0.29) is 6.42 Å². The van der Waals surface area contributed by atoms with Gasteiger partial charge in [-0.25, -0.2) is 0 Å². The molecule has 3 N–H and O–H groups in total. The molecule has 0 aromatic heterocycles. The van der Waals surface area contributed by atoms with Gasteiger partial charge in [-0.3, -0.25) is 0 Å². The summed E-state index contributed by atoms with van der Waals surface area (Å²) in [6, 6.07) is -0.865. The van der Waals surface area contributed by atoms with E-state index >= 15 is 0 Å². The summed E-state index contributed by atoms with van der Waals surface area (Å²) in [6.45, 7) is 1.38. The lowest BCUT2D eigenvalue weighted by Crippen LogP contribution is -2.54. The third-order valence-electron chi connectivity index (χ3n) is 2.15. The third kappa shape index (κ3) is 2.32. The number of aliphatic hydroxyl groups is 1. The highest BCUT2D eigenvalue weighted by molar-refractivity contribution is 4.88. The summed E-state index contributed by atoms with van der Waals surface area (Å²) in [5, 5.41) is 9.21. The largest absolute Gasteiger partial charge is 0.414 e. The molecule has 6 heteroatoms. The molecule has 0 aromatic carbocycles. The molecule has 4 unspecified atom stereocenters. The number of halogens is 3. The second kappa shape index (κ2) is 3.43. The third-order valence-corrected chi connectivity index (χ3v) is 2.15. The molecule has 1 aliphatic heterocycles. The van der Waals surface area contributed by atoms with E-state index in [0.717, 1.165) is 0 Å². The molecule has 0 amide bonds. The van der Waals surface area contributed by atoms with Crippen molar-refractivity contribution in [2.45, 2.75) is 43.9 Å². The minimum Gasteiger partial charge on any atom is -0.389 e. The van der Waals surface area contributed by atoms with Crippen LogP contribution < -0.4 is 5.73 Å². The highest BCUT2D eigenvalue weighted by Gasteiger charge is 2.47. The fourth-order valence-electron chi connectivity index (χ4n) is 1.34. The number of nitrogens with two attached hydrogens (primary N) is 1. The first-order valence-corrected chi connectivity index (χ1v) is 3.98. The van der Waals surface area contributed by atoms with Crippen molar-refractivity contribution in [3.05, 3.63) is 0 Å². The van der Waals surface area contributed by atoms with E-state index in [1.807, 2.05) is 0 Å². The maximum absolute atomic E-state index is 12.2. The van der Waals surface area contributed by atoms with Crippen molar-refractivity contribution in [2.24, 2.45) is 5.73 Å². The van der Waals surface area contributed by atoms with Crippen LogP contribution in [0.15, 0.2) is 0 Å². The Hall–Kier alpha value is -0.330. The molecule has 4 atom stereocenters. The van der Waals surface area contributed by atoms with Gasteiger partial charge in [-0.15, -0.1) is 0 Å². The summed E-state index contributed by atoms with van der Waals surface area (Å²) in [4.78, 5) is 0. The SMILES string of the molecule is CC1OC(C(F)(F)F)CC(N)C1O. The molecular weight excluding hydrogens is 187 g/mol. The summed E-state index contributed by atoms with van der Waals surface area (Å²) < 4.78 is 41.0. The summed E-state index contributed by atoms with van der Waals surface area (Å²) >= 11 is 0. The molecule has 0 bridgehead atoms. The van der Waals surface area contributed by atoms with Gasteiger partial charge in [-0.05, 0) is 6.92 Å². The molecule has 3 nitrogen and oxygen atoms in total. The first-order chi connectivity index (χ1) is 5.82. The van der Waals surface area contributed by atoms with Crippen molar-refractivity contribution >= 4 is 0 Å². The van der Waals surface area contributed by atoms with Gasteiger partial charge in [0.25, 0.3) is 0 Å². The van der Waals surface area contributed by atoms with Crippen LogP contribution >= 0.6 is 0 Å². The monoisotopic (exact) mass is 199 g/mol. The normalized spacial score (nSPS) is 42.0. The number of aliphatic hydroxyl groups excluding tert-OH is 1. The molecule has 1 rings (SSSR count). The fourth-order valence-corrected chi connectivity index (χ4v) is 1.34. The highest BCUT2D eigenvalue weighted by Crippen LogP contribution is 2.31. The Balaban J connectivity index is 2.64. The predicted molar refractivity (Wildman–Crippen MR) is 39.0 cm³/mol. The van der Waals surface area contributed by atoms with Crippen molar-refractivity contribution in [3.8, 4) is 0 Å². The van der Waals surface area contributed by atoms with E-state index < -0.39 is 30.5 Å². The second-order valence-corrected chi connectivity index (χ2v) is 3.26. The molecule has 0 aliphatic carbocycles. The Labute approximate surface area is 73.7 Å². The van der Waals surface area contributed by atoms with E-state index in [0.29, 0.717) is 0 Å². The van der Waals surface area contributed by atoms with Crippen LogP contribution in [0.3, 0.4) is 0 Å². The smallest absolute Gasteiger partial charge is 0.389 e. The topological polar surface area (TPSA) is 55.5 Å². The molecule has 1 saturated heterocycles. The summed E-state index contributed by atoms with van der Waals surface area (Å²) in [7, 11) is 0. The minimum atomic E-state index is -4.40. The maximum Gasteiger partial charge on any atom is 0.414 e. The number of hydrogen-bond acceptors (Lipinski definition) is 3. The Bertz CT molecular complexity index is 173. The molecule has 1 aliphatic rings. The molecule has 0 saturated carbocycles. The van der Waals surface area contributed by atoms with Gasteiger partial charge in [-0.2, -0.15) is 13.2 Å². The first-order valence-electron chi connectivity index (χ1n) is 3.98. The lowest BCUT2D eigenvalue weighted by molar-refractivity contribution is -0.259. The molecule has 13 heavy (non-hydrogen) atoms. The average molecular weight is 199 g/mol. The van der Waals surface area contributed by atoms with E-state index in [9.17, 15) is 18.3 Å². The van der Waals surface area contributed by atoms with Gasteiger partial charge in [-0.1, -0.05) is 0 Å². The van der Waals surface area contributed by atoms with Crippen LogP contribution in [0.2, 0.25) is 0 Å². The van der Waals surface area contributed by atoms with Crippen molar-refractivity contribution < 1.29 is 23.0 Å².